The van der Waals surface area contributed by atoms with Crippen LogP contribution in [-0.2, 0) is 9.53 Å². The molecule has 0 spiro atoms. The van der Waals surface area contributed by atoms with Gasteiger partial charge in [-0.15, -0.1) is 0 Å². The highest BCUT2D eigenvalue weighted by Crippen LogP contribution is 2.37. The molecule has 0 aromatic carbocycles. The maximum Gasteiger partial charge on any atom is 0.229 e. The Labute approximate surface area is 87.9 Å². The molecule has 0 aromatic heterocycles. The van der Waals surface area contributed by atoms with Gasteiger partial charge in [0.15, 0.2) is 6.29 Å². The van der Waals surface area contributed by atoms with Crippen molar-refractivity contribution in [3.63, 3.8) is 0 Å². The van der Waals surface area contributed by atoms with Gasteiger partial charge in [-0.2, -0.15) is 0 Å². The highest BCUT2D eigenvalue weighted by molar-refractivity contribution is 6.55. The molecule has 0 N–H and O–H groups in total. The van der Waals surface area contributed by atoms with E-state index in [9.17, 15) is 4.79 Å². The SMILES string of the molecule is CC1CN(C(Cl)(Cl)C=O)C(C)(C)O1. The van der Waals surface area contributed by atoms with Gasteiger partial charge in [0.25, 0.3) is 0 Å². The molecular weight excluding hydrogens is 213 g/mol. The smallest absolute Gasteiger partial charge is 0.229 e. The molecule has 0 saturated carbocycles. The van der Waals surface area contributed by atoms with Gasteiger partial charge in [-0.05, 0) is 20.8 Å². The fraction of sp³-hybridized carbons (Fsp3) is 0.875. The number of ether oxygens (including phenoxy) is 1. The maximum atomic E-state index is 10.6. The van der Waals surface area contributed by atoms with Crippen LogP contribution in [-0.4, -0.2) is 34.0 Å². The Balaban J connectivity index is 2.86. The van der Waals surface area contributed by atoms with Crippen LogP contribution in [0.1, 0.15) is 20.8 Å². The first-order valence-electron chi connectivity index (χ1n) is 4.09. The molecule has 0 bridgehead atoms. The molecule has 76 valence electrons. The van der Waals surface area contributed by atoms with Crippen LogP contribution in [0.4, 0.5) is 0 Å². The molecule has 3 nitrogen and oxygen atoms in total. The summed E-state index contributed by atoms with van der Waals surface area (Å²) in [6, 6.07) is 0. The Morgan fingerprint density at radius 2 is 2.15 bits per heavy atom. The number of hydrogen-bond donors (Lipinski definition) is 0. The van der Waals surface area contributed by atoms with E-state index in [4.69, 9.17) is 27.9 Å². The van der Waals surface area contributed by atoms with Crippen LogP contribution < -0.4 is 0 Å². The topological polar surface area (TPSA) is 29.5 Å². The van der Waals surface area contributed by atoms with Gasteiger partial charge in [-0.3, -0.25) is 4.79 Å². The first-order chi connectivity index (χ1) is 5.79. The summed E-state index contributed by atoms with van der Waals surface area (Å²) in [7, 11) is 0. The first-order valence-corrected chi connectivity index (χ1v) is 4.85. The van der Waals surface area contributed by atoms with Crippen molar-refractivity contribution in [1.29, 1.82) is 0 Å². The van der Waals surface area contributed by atoms with E-state index in [-0.39, 0.29) is 6.10 Å². The van der Waals surface area contributed by atoms with Gasteiger partial charge in [-0.25, -0.2) is 4.90 Å². The second-order valence-electron chi connectivity index (χ2n) is 3.69. The fourth-order valence-corrected chi connectivity index (χ4v) is 2.16. The predicted octanol–water partition coefficient (Wildman–Crippen LogP) is 1.77. The summed E-state index contributed by atoms with van der Waals surface area (Å²) in [5.41, 5.74) is -0.593. The van der Waals surface area contributed by atoms with Crippen molar-refractivity contribution in [2.24, 2.45) is 0 Å². The monoisotopic (exact) mass is 225 g/mol. The summed E-state index contributed by atoms with van der Waals surface area (Å²) >= 11 is 11.6. The van der Waals surface area contributed by atoms with Gasteiger partial charge in [0.2, 0.25) is 4.46 Å². The third-order valence-corrected chi connectivity index (χ3v) is 2.67. The minimum absolute atomic E-state index is 0.0341. The van der Waals surface area contributed by atoms with Crippen molar-refractivity contribution in [3.8, 4) is 0 Å². The van der Waals surface area contributed by atoms with Gasteiger partial charge >= 0.3 is 0 Å². The van der Waals surface area contributed by atoms with Crippen molar-refractivity contribution in [2.75, 3.05) is 6.54 Å². The number of carbonyl (C=O) groups excluding carboxylic acids is 1. The van der Waals surface area contributed by atoms with Gasteiger partial charge in [0.05, 0.1) is 6.10 Å². The number of halogens is 2. The Bertz CT molecular complexity index is 218. The second kappa shape index (κ2) is 3.39. The number of carbonyl (C=O) groups is 1. The molecule has 1 unspecified atom stereocenters. The van der Waals surface area contributed by atoms with E-state index in [1.165, 1.54) is 0 Å². The Hall–Kier alpha value is 0.170. The van der Waals surface area contributed by atoms with Crippen LogP contribution in [0.15, 0.2) is 0 Å². The van der Waals surface area contributed by atoms with Crippen molar-refractivity contribution in [2.45, 2.75) is 37.1 Å². The fourth-order valence-electron chi connectivity index (χ4n) is 1.61. The zero-order valence-corrected chi connectivity index (χ0v) is 9.39. The zero-order chi connectivity index (χ0) is 10.3. The lowest BCUT2D eigenvalue weighted by Crippen LogP contribution is -2.50. The zero-order valence-electron chi connectivity index (χ0n) is 7.88. The summed E-state index contributed by atoms with van der Waals surface area (Å²) < 4.78 is 4.06. The summed E-state index contributed by atoms with van der Waals surface area (Å²) in [4.78, 5) is 12.3. The normalized spacial score (nSPS) is 29.2. The molecule has 1 heterocycles. The lowest BCUT2D eigenvalue weighted by molar-refractivity contribution is -0.120. The second-order valence-corrected chi connectivity index (χ2v) is 5.04. The molecule has 0 amide bonds. The quantitative estimate of drug-likeness (QED) is 0.408. The summed E-state index contributed by atoms with van der Waals surface area (Å²) in [6.07, 6.45) is 0.547. The van der Waals surface area contributed by atoms with Crippen LogP contribution in [0, 0.1) is 0 Å². The van der Waals surface area contributed by atoms with Crippen LogP contribution in [0.3, 0.4) is 0 Å². The highest BCUT2D eigenvalue weighted by atomic mass is 35.5. The number of hydrogen-bond acceptors (Lipinski definition) is 3. The van der Waals surface area contributed by atoms with Crippen molar-refractivity contribution >= 4 is 29.5 Å². The van der Waals surface area contributed by atoms with E-state index >= 15 is 0 Å². The first kappa shape index (κ1) is 11.2. The molecule has 1 aliphatic rings. The minimum Gasteiger partial charge on any atom is -0.357 e. The molecule has 13 heavy (non-hydrogen) atoms. The van der Waals surface area contributed by atoms with Crippen LogP contribution in [0.25, 0.3) is 0 Å². The highest BCUT2D eigenvalue weighted by Gasteiger charge is 2.48. The summed E-state index contributed by atoms with van der Waals surface area (Å²) in [6.45, 7) is 6.13. The molecule has 5 heteroatoms. The van der Waals surface area contributed by atoms with E-state index in [1.54, 1.807) is 4.90 Å². The van der Waals surface area contributed by atoms with Crippen LogP contribution in [0.5, 0.6) is 0 Å². The Morgan fingerprint density at radius 3 is 2.46 bits per heavy atom. The van der Waals surface area contributed by atoms with Crippen molar-refractivity contribution < 1.29 is 9.53 Å². The molecular formula is C8H13Cl2NO2. The molecule has 1 fully saturated rings. The van der Waals surface area contributed by atoms with Crippen LogP contribution >= 0.6 is 23.2 Å². The summed E-state index contributed by atoms with van der Waals surface area (Å²) in [5.74, 6) is 0. The molecule has 1 atom stereocenters. The average molecular weight is 226 g/mol. The third kappa shape index (κ3) is 2.15. The Morgan fingerprint density at radius 1 is 1.62 bits per heavy atom. The largest absolute Gasteiger partial charge is 0.357 e. The number of aldehydes is 1. The molecule has 1 saturated heterocycles. The standard InChI is InChI=1S/C8H13Cl2NO2/c1-6-4-11(7(2,3)13-6)8(9,10)5-12/h5-6H,4H2,1-3H3. The number of alkyl halides is 2. The molecule has 1 rings (SSSR count). The molecule has 0 aliphatic carbocycles. The minimum atomic E-state index is -1.49. The summed E-state index contributed by atoms with van der Waals surface area (Å²) in [5, 5.41) is 0. The van der Waals surface area contributed by atoms with Crippen LogP contribution in [0.2, 0.25) is 0 Å². The van der Waals surface area contributed by atoms with Gasteiger partial charge in [0.1, 0.15) is 5.72 Å². The predicted molar refractivity (Wildman–Crippen MR) is 51.8 cm³/mol. The molecule has 0 aromatic rings. The van der Waals surface area contributed by atoms with E-state index in [2.05, 4.69) is 0 Å². The number of nitrogens with zero attached hydrogens (tertiary/aromatic N) is 1. The molecule has 0 radical (unpaired) electrons. The van der Waals surface area contributed by atoms with E-state index in [0.717, 1.165) is 0 Å². The van der Waals surface area contributed by atoms with Crippen molar-refractivity contribution in [1.82, 2.24) is 4.90 Å². The lowest BCUT2D eigenvalue weighted by atomic mass is 10.2. The third-order valence-electron chi connectivity index (χ3n) is 2.08. The number of rotatable bonds is 2. The van der Waals surface area contributed by atoms with Gasteiger partial charge in [0, 0.05) is 6.54 Å². The van der Waals surface area contributed by atoms with E-state index < -0.39 is 10.2 Å². The average Bonchev–Trinajstić information content (AvgIpc) is 2.25. The van der Waals surface area contributed by atoms with Gasteiger partial charge < -0.3 is 4.74 Å². The van der Waals surface area contributed by atoms with Crippen molar-refractivity contribution in [3.05, 3.63) is 0 Å². The lowest BCUT2D eigenvalue weighted by Gasteiger charge is -2.35. The van der Waals surface area contributed by atoms with E-state index in [1.807, 2.05) is 20.8 Å². The van der Waals surface area contributed by atoms with Gasteiger partial charge in [-0.1, -0.05) is 23.2 Å². The maximum absolute atomic E-state index is 10.6. The van der Waals surface area contributed by atoms with E-state index in [0.29, 0.717) is 12.8 Å². The molecule has 1 aliphatic heterocycles. The Kier molecular flexibility index (Phi) is 2.93.